The first-order valence-electron chi connectivity index (χ1n) is 5.43. The van der Waals surface area contributed by atoms with E-state index in [0.29, 0.717) is 0 Å². The van der Waals surface area contributed by atoms with Crippen LogP contribution in [0.15, 0.2) is 12.1 Å². The van der Waals surface area contributed by atoms with E-state index in [0.717, 1.165) is 12.1 Å². The Kier molecular flexibility index (Phi) is 2.85. The van der Waals surface area contributed by atoms with E-state index < -0.39 is 34.1 Å². The van der Waals surface area contributed by atoms with Gasteiger partial charge in [-0.25, -0.2) is 8.78 Å². The monoisotopic (exact) mass is 274 g/mol. The van der Waals surface area contributed by atoms with Gasteiger partial charge in [-0.2, -0.15) is 0 Å². The SMILES string of the molecule is COc1cc(C2(CN)CC2(F)F)cc([N+](=O)[O-])c1O. The molecule has 6 nitrogen and oxygen atoms in total. The van der Waals surface area contributed by atoms with Crippen LogP contribution in [0.3, 0.4) is 0 Å². The zero-order valence-corrected chi connectivity index (χ0v) is 10.0. The van der Waals surface area contributed by atoms with E-state index in [1.54, 1.807) is 0 Å². The van der Waals surface area contributed by atoms with Crippen LogP contribution < -0.4 is 10.5 Å². The topological polar surface area (TPSA) is 98.6 Å². The number of rotatable bonds is 4. The molecule has 3 N–H and O–H groups in total. The predicted molar refractivity (Wildman–Crippen MR) is 61.6 cm³/mol. The molecule has 1 unspecified atom stereocenters. The highest BCUT2D eigenvalue weighted by atomic mass is 19.3. The smallest absolute Gasteiger partial charge is 0.314 e. The first kappa shape index (κ1) is 13.5. The minimum atomic E-state index is -3.00. The van der Waals surface area contributed by atoms with Crippen LogP contribution in [0.1, 0.15) is 12.0 Å². The van der Waals surface area contributed by atoms with E-state index >= 15 is 0 Å². The number of nitrogens with two attached hydrogens (primary N) is 1. The minimum absolute atomic E-state index is 0.00125. The summed E-state index contributed by atoms with van der Waals surface area (Å²) in [6.45, 7) is -0.342. The number of hydrogen-bond acceptors (Lipinski definition) is 5. The third-order valence-electron chi connectivity index (χ3n) is 3.47. The molecule has 1 atom stereocenters. The first-order valence-corrected chi connectivity index (χ1v) is 5.43. The zero-order chi connectivity index (χ0) is 14.4. The molecule has 0 radical (unpaired) electrons. The van der Waals surface area contributed by atoms with Crippen LogP contribution in [-0.2, 0) is 5.41 Å². The molecule has 1 saturated carbocycles. The van der Waals surface area contributed by atoms with E-state index in [9.17, 15) is 24.0 Å². The van der Waals surface area contributed by atoms with Crippen molar-refractivity contribution in [2.75, 3.05) is 13.7 Å². The standard InChI is InChI=1S/C11H12F2N2O4/c1-19-8-3-6(2-7(9(8)16)15(17)18)10(5-14)4-11(10,12)13/h2-3,16H,4-5,14H2,1H3. The summed E-state index contributed by atoms with van der Waals surface area (Å²) in [5, 5.41) is 20.4. The third-order valence-corrected chi connectivity index (χ3v) is 3.47. The average Bonchev–Trinajstić information content (AvgIpc) is 2.92. The lowest BCUT2D eigenvalue weighted by atomic mass is 9.94. The number of methoxy groups -OCH3 is 1. The summed E-state index contributed by atoms with van der Waals surface area (Å²) >= 11 is 0. The van der Waals surface area contributed by atoms with Gasteiger partial charge < -0.3 is 15.6 Å². The number of hydrogen-bond donors (Lipinski definition) is 2. The van der Waals surface area contributed by atoms with Crippen molar-refractivity contribution in [3.8, 4) is 11.5 Å². The lowest BCUT2D eigenvalue weighted by Crippen LogP contribution is -2.26. The van der Waals surface area contributed by atoms with Gasteiger partial charge >= 0.3 is 5.69 Å². The molecule has 19 heavy (non-hydrogen) atoms. The van der Waals surface area contributed by atoms with E-state index in [1.165, 1.54) is 7.11 Å². The fourth-order valence-corrected chi connectivity index (χ4v) is 2.15. The number of nitrogens with zero attached hydrogens (tertiary/aromatic N) is 1. The number of nitro benzene ring substituents is 1. The Morgan fingerprint density at radius 3 is 2.53 bits per heavy atom. The Morgan fingerprint density at radius 1 is 1.58 bits per heavy atom. The number of phenolic OH excluding ortho intramolecular Hbond substituents is 1. The molecule has 1 fully saturated rings. The molecule has 0 bridgehead atoms. The summed E-state index contributed by atoms with van der Waals surface area (Å²) < 4.78 is 31.7. The van der Waals surface area contributed by atoms with Crippen molar-refractivity contribution >= 4 is 5.69 Å². The normalized spacial score (nSPS) is 24.0. The fourth-order valence-electron chi connectivity index (χ4n) is 2.15. The number of ether oxygens (including phenoxy) is 1. The second-order valence-corrected chi connectivity index (χ2v) is 4.47. The zero-order valence-electron chi connectivity index (χ0n) is 10.0. The Bertz CT molecular complexity index is 550. The molecule has 104 valence electrons. The minimum Gasteiger partial charge on any atom is -0.500 e. The number of nitro groups is 1. The predicted octanol–water partition coefficient (Wildman–Crippen LogP) is 1.54. The summed E-state index contributed by atoms with van der Waals surface area (Å²) in [5.41, 5.74) is 3.09. The van der Waals surface area contributed by atoms with Crippen molar-refractivity contribution < 1.29 is 23.5 Å². The van der Waals surface area contributed by atoms with Crippen LogP contribution in [0.5, 0.6) is 11.5 Å². The molecule has 1 aliphatic rings. The highest BCUT2D eigenvalue weighted by Crippen LogP contribution is 2.62. The Balaban J connectivity index is 2.60. The van der Waals surface area contributed by atoms with E-state index in [4.69, 9.17) is 10.5 Å². The Labute approximate surface area is 106 Å². The van der Waals surface area contributed by atoms with Gasteiger partial charge in [-0.1, -0.05) is 0 Å². The molecule has 0 heterocycles. The fraction of sp³-hybridized carbons (Fsp3) is 0.455. The highest BCUT2D eigenvalue weighted by molar-refractivity contribution is 5.60. The molecule has 0 saturated heterocycles. The van der Waals surface area contributed by atoms with Crippen molar-refractivity contribution in [3.63, 3.8) is 0 Å². The maximum Gasteiger partial charge on any atom is 0.314 e. The van der Waals surface area contributed by atoms with Crippen molar-refractivity contribution in [2.45, 2.75) is 17.8 Å². The third kappa shape index (κ3) is 1.79. The van der Waals surface area contributed by atoms with Crippen LogP contribution in [0.25, 0.3) is 0 Å². The molecule has 1 aromatic rings. The second kappa shape index (κ2) is 4.02. The van der Waals surface area contributed by atoms with E-state index in [2.05, 4.69) is 0 Å². The molecule has 0 aliphatic heterocycles. The lowest BCUT2D eigenvalue weighted by Gasteiger charge is -2.16. The second-order valence-electron chi connectivity index (χ2n) is 4.47. The van der Waals surface area contributed by atoms with Gasteiger partial charge in [0.1, 0.15) is 0 Å². The van der Waals surface area contributed by atoms with Crippen LogP contribution in [-0.4, -0.2) is 29.6 Å². The summed E-state index contributed by atoms with van der Waals surface area (Å²) in [6.07, 6.45) is -0.471. The van der Waals surface area contributed by atoms with Crippen LogP contribution in [0, 0.1) is 10.1 Å². The lowest BCUT2D eigenvalue weighted by molar-refractivity contribution is -0.386. The molecular formula is C11H12F2N2O4. The highest BCUT2D eigenvalue weighted by Gasteiger charge is 2.71. The van der Waals surface area contributed by atoms with Gasteiger partial charge in [0, 0.05) is 19.0 Å². The van der Waals surface area contributed by atoms with Crippen molar-refractivity contribution in [3.05, 3.63) is 27.8 Å². The Morgan fingerprint density at radius 2 is 2.16 bits per heavy atom. The quantitative estimate of drug-likeness (QED) is 0.641. The van der Waals surface area contributed by atoms with E-state index in [1.807, 2.05) is 0 Å². The average molecular weight is 274 g/mol. The summed E-state index contributed by atoms with van der Waals surface area (Å²) in [6, 6.07) is 2.09. The van der Waals surface area contributed by atoms with Crippen LogP contribution in [0.4, 0.5) is 14.5 Å². The van der Waals surface area contributed by atoms with Gasteiger partial charge in [0.25, 0.3) is 5.92 Å². The number of aromatic hydroxyl groups is 1. The van der Waals surface area contributed by atoms with Gasteiger partial charge in [-0.3, -0.25) is 10.1 Å². The number of benzene rings is 1. The number of halogens is 2. The van der Waals surface area contributed by atoms with Gasteiger partial charge in [0.15, 0.2) is 5.75 Å². The molecule has 0 spiro atoms. The molecule has 0 amide bonds. The van der Waals surface area contributed by atoms with Gasteiger partial charge in [-0.15, -0.1) is 0 Å². The van der Waals surface area contributed by atoms with Crippen molar-refractivity contribution in [2.24, 2.45) is 5.73 Å². The summed E-state index contributed by atoms with van der Waals surface area (Å²) in [7, 11) is 1.18. The maximum absolute atomic E-state index is 13.5. The van der Waals surface area contributed by atoms with Crippen LogP contribution >= 0.6 is 0 Å². The molecule has 0 aromatic heterocycles. The first-order chi connectivity index (χ1) is 8.79. The van der Waals surface area contributed by atoms with Crippen molar-refractivity contribution in [1.82, 2.24) is 0 Å². The number of alkyl halides is 2. The molecule has 1 aliphatic carbocycles. The van der Waals surface area contributed by atoms with Crippen LogP contribution in [0.2, 0.25) is 0 Å². The van der Waals surface area contributed by atoms with E-state index in [-0.39, 0.29) is 17.9 Å². The molecular weight excluding hydrogens is 262 g/mol. The Hall–Kier alpha value is -1.96. The maximum atomic E-state index is 13.5. The summed E-state index contributed by atoms with van der Waals surface area (Å²) in [5.74, 6) is -3.91. The molecule has 8 heteroatoms. The van der Waals surface area contributed by atoms with Gasteiger partial charge in [0.2, 0.25) is 5.75 Å². The van der Waals surface area contributed by atoms with Gasteiger partial charge in [0.05, 0.1) is 17.4 Å². The molecule has 2 rings (SSSR count). The van der Waals surface area contributed by atoms with Crippen molar-refractivity contribution in [1.29, 1.82) is 0 Å². The molecule has 1 aromatic carbocycles. The summed E-state index contributed by atoms with van der Waals surface area (Å²) in [4.78, 5) is 9.96. The number of phenols is 1. The van der Waals surface area contributed by atoms with Gasteiger partial charge in [-0.05, 0) is 11.6 Å². The largest absolute Gasteiger partial charge is 0.500 e.